The van der Waals surface area contributed by atoms with Crippen LogP contribution in [0, 0.1) is 0 Å². The van der Waals surface area contributed by atoms with Crippen LogP contribution in [-0.2, 0) is 6.42 Å². The summed E-state index contributed by atoms with van der Waals surface area (Å²) >= 11 is 6.61. The number of amidine groups is 1. The van der Waals surface area contributed by atoms with E-state index in [9.17, 15) is 0 Å². The Morgan fingerprint density at radius 1 is 1.32 bits per heavy atom. The Balaban J connectivity index is 1.40. The minimum atomic E-state index is -0.996. The lowest BCUT2D eigenvalue weighted by molar-refractivity contribution is 0.377. The molecule has 5 rings (SSSR count). The van der Waals surface area contributed by atoms with Crippen LogP contribution in [0.5, 0.6) is 0 Å². The van der Waals surface area contributed by atoms with Gasteiger partial charge in [-0.2, -0.15) is 5.10 Å². The van der Waals surface area contributed by atoms with Crippen LogP contribution in [0.25, 0.3) is 10.9 Å². The van der Waals surface area contributed by atoms with E-state index in [1.54, 1.807) is 0 Å². The minimum Gasteiger partial charge on any atom is -0.361 e. The van der Waals surface area contributed by atoms with Crippen molar-refractivity contribution in [3.63, 3.8) is 0 Å². The number of aromatic amines is 2. The van der Waals surface area contributed by atoms with Crippen molar-refractivity contribution >= 4 is 34.2 Å². The predicted molar refractivity (Wildman–Crippen MR) is 112 cm³/mol. The maximum absolute atomic E-state index is 6.61. The first-order valence-electron chi connectivity index (χ1n) is 9.41. The maximum atomic E-state index is 6.61. The van der Waals surface area contributed by atoms with E-state index in [1.165, 1.54) is 18.5 Å². The molecular weight excluding hydrogens is 374 g/mol. The third-order valence-electron chi connectivity index (χ3n) is 5.17. The number of rotatable bonds is 4. The van der Waals surface area contributed by atoms with Gasteiger partial charge in [-0.3, -0.25) is 10.8 Å². The van der Waals surface area contributed by atoms with Crippen LogP contribution in [-0.4, -0.2) is 26.8 Å². The summed E-state index contributed by atoms with van der Waals surface area (Å²) in [5, 5.41) is 15.7. The van der Waals surface area contributed by atoms with Crippen molar-refractivity contribution in [3.8, 4) is 0 Å². The second-order valence-electron chi connectivity index (χ2n) is 7.64. The zero-order valence-electron chi connectivity index (χ0n) is 15.5. The Bertz CT molecular complexity index is 1100. The van der Waals surface area contributed by atoms with Crippen molar-refractivity contribution in [1.29, 1.82) is 0 Å². The van der Waals surface area contributed by atoms with Gasteiger partial charge >= 0.3 is 0 Å². The number of hydrogen-bond donors (Lipinski definition) is 5. The summed E-state index contributed by atoms with van der Waals surface area (Å²) in [6.07, 6.45) is 6.71. The van der Waals surface area contributed by atoms with Gasteiger partial charge in [0.2, 0.25) is 0 Å². The second-order valence-corrected chi connectivity index (χ2v) is 8.01. The summed E-state index contributed by atoms with van der Waals surface area (Å²) in [5.41, 5.74) is 10.6. The van der Waals surface area contributed by atoms with E-state index in [2.05, 4.69) is 25.8 Å². The molecule has 3 aromatic rings. The largest absolute Gasteiger partial charge is 0.361 e. The molecule has 0 radical (unpaired) electrons. The van der Waals surface area contributed by atoms with Crippen molar-refractivity contribution in [2.45, 2.75) is 37.9 Å². The highest BCUT2D eigenvalue weighted by Gasteiger charge is 2.30. The summed E-state index contributed by atoms with van der Waals surface area (Å²) in [4.78, 5) is 7.88. The highest BCUT2D eigenvalue weighted by molar-refractivity contribution is 6.36. The summed E-state index contributed by atoms with van der Waals surface area (Å²) in [6, 6.07) is 8.01. The van der Waals surface area contributed by atoms with Crippen LogP contribution in [0.3, 0.4) is 0 Å². The molecule has 1 fully saturated rings. The molecule has 7 nitrogen and oxygen atoms in total. The Morgan fingerprint density at radius 2 is 2.18 bits per heavy atom. The molecule has 8 heteroatoms. The molecule has 3 heterocycles. The summed E-state index contributed by atoms with van der Waals surface area (Å²) in [7, 11) is 0. The van der Waals surface area contributed by atoms with Crippen molar-refractivity contribution in [3.05, 3.63) is 58.5 Å². The van der Waals surface area contributed by atoms with Crippen molar-refractivity contribution < 1.29 is 0 Å². The van der Waals surface area contributed by atoms with Crippen LogP contribution in [0.15, 0.2) is 47.2 Å². The van der Waals surface area contributed by atoms with E-state index in [0.717, 1.165) is 28.0 Å². The van der Waals surface area contributed by atoms with E-state index < -0.39 is 5.79 Å². The van der Waals surface area contributed by atoms with Crippen LogP contribution in [0.1, 0.15) is 36.9 Å². The Hall–Kier alpha value is -2.77. The lowest BCUT2D eigenvalue weighted by Gasteiger charge is -2.32. The molecule has 1 atom stereocenters. The molecule has 2 aromatic heterocycles. The van der Waals surface area contributed by atoms with Crippen LogP contribution in [0.2, 0.25) is 5.02 Å². The molecule has 0 amide bonds. The Morgan fingerprint density at radius 3 is 3.00 bits per heavy atom. The van der Waals surface area contributed by atoms with Gasteiger partial charge in [0.25, 0.3) is 0 Å². The number of nitrogens with two attached hydrogens (primary N) is 1. The molecule has 0 saturated heterocycles. The highest BCUT2D eigenvalue weighted by atomic mass is 35.5. The van der Waals surface area contributed by atoms with Crippen LogP contribution >= 0.6 is 11.6 Å². The molecule has 0 bridgehead atoms. The molecule has 6 N–H and O–H groups in total. The van der Waals surface area contributed by atoms with Gasteiger partial charge in [0.05, 0.1) is 5.02 Å². The van der Waals surface area contributed by atoms with Gasteiger partial charge in [-0.15, -0.1) is 0 Å². The lowest BCUT2D eigenvalue weighted by atomic mass is 10.0. The van der Waals surface area contributed by atoms with E-state index in [-0.39, 0.29) is 0 Å². The zero-order valence-corrected chi connectivity index (χ0v) is 16.3. The number of nitrogens with zero attached hydrogens (tertiary/aromatic N) is 2. The second kappa shape index (κ2) is 6.39. The number of halogens is 1. The lowest BCUT2D eigenvalue weighted by Crippen LogP contribution is -2.55. The fourth-order valence-electron chi connectivity index (χ4n) is 3.71. The van der Waals surface area contributed by atoms with Gasteiger partial charge in [-0.1, -0.05) is 17.7 Å². The Kier molecular flexibility index (Phi) is 3.96. The fourth-order valence-corrected chi connectivity index (χ4v) is 4.00. The number of anilines is 1. The molecule has 2 aliphatic rings. The number of hydrogen-bond acceptors (Lipinski definition) is 5. The standard InChI is InChI=1S/C20H22ClN7/c1-11-8-17(24-18-9-16(27-28-18)12-2-3-12)26-20(22,25-11)10-13-4-5-15-14(19(13)21)6-7-23-15/h4-9,12,23,25H,2-3,10,22H2,1H3,(H2,24,26,27,28). The average Bonchev–Trinajstić information content (AvgIpc) is 3.18. The van der Waals surface area contributed by atoms with Gasteiger partial charge in [-0.25, -0.2) is 4.99 Å². The van der Waals surface area contributed by atoms with Gasteiger partial charge < -0.3 is 15.6 Å². The molecule has 28 heavy (non-hydrogen) atoms. The number of aliphatic imine (C=N–C) groups is 1. The topological polar surface area (TPSA) is 107 Å². The van der Waals surface area contributed by atoms with Crippen molar-refractivity contribution in [2.75, 3.05) is 5.32 Å². The number of benzene rings is 1. The summed E-state index contributed by atoms with van der Waals surface area (Å²) in [5.74, 6) is 1.05. The maximum Gasteiger partial charge on any atom is 0.188 e. The minimum absolute atomic E-state index is 0.456. The summed E-state index contributed by atoms with van der Waals surface area (Å²) in [6.45, 7) is 1.97. The average molecular weight is 396 g/mol. The number of aromatic nitrogens is 3. The van der Waals surface area contributed by atoms with Crippen molar-refractivity contribution in [2.24, 2.45) is 10.7 Å². The molecule has 1 unspecified atom stereocenters. The smallest absolute Gasteiger partial charge is 0.188 e. The Labute approximate surface area is 167 Å². The zero-order chi connectivity index (χ0) is 19.3. The van der Waals surface area contributed by atoms with Gasteiger partial charge in [0.1, 0.15) is 5.84 Å². The normalized spacial score (nSPS) is 22.0. The molecule has 1 saturated carbocycles. The number of H-pyrrole nitrogens is 2. The number of nitrogens with one attached hydrogen (secondary N) is 4. The first kappa shape index (κ1) is 17.3. The monoisotopic (exact) mass is 395 g/mol. The molecular formula is C20H22ClN7. The first-order valence-corrected chi connectivity index (χ1v) is 9.79. The van der Waals surface area contributed by atoms with E-state index >= 15 is 0 Å². The molecule has 1 aromatic carbocycles. The highest BCUT2D eigenvalue weighted by Crippen LogP contribution is 2.39. The third kappa shape index (κ3) is 3.27. The van der Waals surface area contributed by atoms with Crippen molar-refractivity contribution in [1.82, 2.24) is 20.5 Å². The predicted octanol–water partition coefficient (Wildman–Crippen LogP) is 3.59. The quantitative estimate of drug-likeness (QED) is 0.465. The molecule has 1 aliphatic carbocycles. The third-order valence-corrected chi connectivity index (χ3v) is 5.61. The first-order chi connectivity index (χ1) is 13.5. The van der Waals surface area contributed by atoms with Gasteiger partial charge in [0, 0.05) is 46.9 Å². The van der Waals surface area contributed by atoms with Crippen LogP contribution in [0.4, 0.5) is 5.82 Å². The molecule has 144 valence electrons. The number of allylic oxidation sites excluding steroid dienone is 1. The molecule has 0 spiro atoms. The van der Waals surface area contributed by atoms with Crippen LogP contribution < -0.4 is 16.4 Å². The van der Waals surface area contributed by atoms with Gasteiger partial charge in [-0.05, 0) is 43.5 Å². The summed E-state index contributed by atoms with van der Waals surface area (Å²) < 4.78 is 0. The van der Waals surface area contributed by atoms with E-state index in [1.807, 2.05) is 43.5 Å². The molecule has 1 aliphatic heterocycles. The fraction of sp³-hybridized carbons (Fsp3) is 0.300. The SMILES string of the molecule is CC1=CC(Nc2cc(C3CC3)[nH]n2)=NC(N)(Cc2ccc3[nH]ccc3c2Cl)N1. The van der Waals surface area contributed by atoms with Gasteiger partial charge in [0.15, 0.2) is 11.6 Å². The number of fused-ring (bicyclic) bond motifs is 1. The van der Waals surface area contributed by atoms with E-state index in [0.29, 0.717) is 23.2 Å². The van der Waals surface area contributed by atoms with E-state index in [4.69, 9.17) is 22.3 Å².